The zero-order valence-electron chi connectivity index (χ0n) is 10.6. The first kappa shape index (κ1) is 14.4. The molecule has 0 heterocycles. The molecule has 0 aliphatic rings. The fourth-order valence-corrected chi connectivity index (χ4v) is 2.14. The van der Waals surface area contributed by atoms with E-state index in [1.165, 1.54) is 19.1 Å². The largest absolute Gasteiger partial charge is 0.322 e. The number of carbonyl (C=O) groups excluding carboxylic acids is 2. The number of rotatable bonds is 3. The minimum absolute atomic E-state index is 0.0445. The molecule has 0 aliphatic carbocycles. The highest BCUT2D eigenvalue weighted by Gasteiger charge is 2.09. The number of amides is 1. The average Bonchev–Trinajstić information content (AvgIpc) is 2.38. The summed E-state index contributed by atoms with van der Waals surface area (Å²) in [6, 6.07) is 10.5. The van der Waals surface area contributed by atoms with Gasteiger partial charge in [-0.05, 0) is 49.4 Å². The van der Waals surface area contributed by atoms with Crippen molar-refractivity contribution in [2.75, 3.05) is 5.32 Å². The Labute approximate surface area is 123 Å². The lowest BCUT2D eigenvalue weighted by atomic mass is 10.1. The van der Waals surface area contributed by atoms with E-state index in [4.69, 9.17) is 0 Å². The van der Waals surface area contributed by atoms with Crippen LogP contribution in [0, 0.1) is 5.82 Å². The van der Waals surface area contributed by atoms with Crippen molar-refractivity contribution in [3.05, 3.63) is 63.9 Å². The highest BCUT2D eigenvalue weighted by molar-refractivity contribution is 9.10. The Balaban J connectivity index is 2.16. The standard InChI is InChI=1S/C15H11BrFNO2/c1-9(19)10-2-4-14(5-3-10)18-15(20)11-6-12(16)8-13(17)7-11/h2-8H,1H3,(H,18,20). The third kappa shape index (κ3) is 3.51. The maximum Gasteiger partial charge on any atom is 0.255 e. The molecular weight excluding hydrogens is 325 g/mol. The molecule has 0 radical (unpaired) electrons. The molecule has 0 saturated carbocycles. The van der Waals surface area contributed by atoms with Gasteiger partial charge in [-0.1, -0.05) is 15.9 Å². The minimum Gasteiger partial charge on any atom is -0.322 e. The number of carbonyl (C=O) groups is 2. The molecule has 2 aromatic rings. The predicted octanol–water partition coefficient (Wildman–Crippen LogP) is 4.04. The normalized spacial score (nSPS) is 10.2. The van der Waals surface area contributed by atoms with Crippen LogP contribution in [0.15, 0.2) is 46.9 Å². The molecule has 0 spiro atoms. The zero-order chi connectivity index (χ0) is 14.7. The second-order valence-electron chi connectivity index (χ2n) is 4.25. The molecule has 102 valence electrons. The SMILES string of the molecule is CC(=O)c1ccc(NC(=O)c2cc(F)cc(Br)c2)cc1. The smallest absolute Gasteiger partial charge is 0.255 e. The molecule has 2 aromatic carbocycles. The van der Waals surface area contributed by atoms with E-state index in [0.717, 1.165) is 6.07 Å². The molecule has 0 bridgehead atoms. The molecule has 1 amide bonds. The van der Waals surface area contributed by atoms with E-state index in [1.54, 1.807) is 24.3 Å². The molecule has 0 fully saturated rings. The van der Waals surface area contributed by atoms with Crippen LogP contribution >= 0.6 is 15.9 Å². The van der Waals surface area contributed by atoms with Gasteiger partial charge in [0.1, 0.15) is 5.82 Å². The molecule has 1 N–H and O–H groups in total. The fourth-order valence-electron chi connectivity index (χ4n) is 1.68. The van der Waals surface area contributed by atoms with Crippen molar-refractivity contribution in [3.63, 3.8) is 0 Å². The Morgan fingerprint density at radius 2 is 1.70 bits per heavy atom. The number of hydrogen-bond acceptors (Lipinski definition) is 2. The Hall–Kier alpha value is -2.01. The van der Waals surface area contributed by atoms with Crippen molar-refractivity contribution in [3.8, 4) is 0 Å². The van der Waals surface area contributed by atoms with Gasteiger partial charge in [0.25, 0.3) is 5.91 Å². The summed E-state index contributed by atoms with van der Waals surface area (Å²) in [6.07, 6.45) is 0. The van der Waals surface area contributed by atoms with Crippen LogP contribution in [-0.2, 0) is 0 Å². The van der Waals surface area contributed by atoms with Crippen LogP contribution in [-0.4, -0.2) is 11.7 Å². The lowest BCUT2D eigenvalue weighted by molar-refractivity contribution is 0.101. The fraction of sp³-hybridized carbons (Fsp3) is 0.0667. The minimum atomic E-state index is -0.489. The van der Waals surface area contributed by atoms with Gasteiger partial charge in [0.2, 0.25) is 0 Å². The lowest BCUT2D eigenvalue weighted by Crippen LogP contribution is -2.12. The molecular formula is C15H11BrFNO2. The van der Waals surface area contributed by atoms with Crippen LogP contribution in [0.25, 0.3) is 0 Å². The number of nitrogens with one attached hydrogen (secondary N) is 1. The Bertz CT molecular complexity index is 648. The van der Waals surface area contributed by atoms with Gasteiger partial charge in [0.15, 0.2) is 5.78 Å². The first-order valence-electron chi connectivity index (χ1n) is 5.84. The Morgan fingerprint density at radius 3 is 2.25 bits per heavy atom. The molecule has 0 aliphatic heterocycles. The highest BCUT2D eigenvalue weighted by atomic mass is 79.9. The van der Waals surface area contributed by atoms with E-state index >= 15 is 0 Å². The summed E-state index contributed by atoms with van der Waals surface area (Å²) in [5.41, 5.74) is 1.32. The van der Waals surface area contributed by atoms with Crippen molar-refractivity contribution < 1.29 is 14.0 Å². The van der Waals surface area contributed by atoms with E-state index in [9.17, 15) is 14.0 Å². The lowest BCUT2D eigenvalue weighted by Gasteiger charge is -2.06. The summed E-state index contributed by atoms with van der Waals surface area (Å²) >= 11 is 3.13. The van der Waals surface area contributed by atoms with Gasteiger partial charge >= 0.3 is 0 Å². The summed E-state index contributed by atoms with van der Waals surface area (Å²) < 4.78 is 13.7. The highest BCUT2D eigenvalue weighted by Crippen LogP contribution is 2.17. The molecule has 5 heteroatoms. The molecule has 0 saturated heterocycles. The zero-order valence-corrected chi connectivity index (χ0v) is 12.2. The van der Waals surface area contributed by atoms with E-state index in [1.807, 2.05) is 0 Å². The first-order chi connectivity index (χ1) is 9.45. The van der Waals surface area contributed by atoms with Gasteiger partial charge in [-0.3, -0.25) is 9.59 Å². The second-order valence-corrected chi connectivity index (χ2v) is 5.16. The molecule has 2 rings (SSSR count). The second kappa shape index (κ2) is 5.96. The number of benzene rings is 2. The first-order valence-corrected chi connectivity index (χ1v) is 6.63. The van der Waals surface area contributed by atoms with E-state index < -0.39 is 11.7 Å². The molecule has 0 atom stereocenters. The van der Waals surface area contributed by atoms with Crippen LogP contribution in [0.4, 0.5) is 10.1 Å². The molecule has 0 unspecified atom stereocenters. The van der Waals surface area contributed by atoms with Gasteiger partial charge in [0, 0.05) is 21.3 Å². The summed E-state index contributed by atoms with van der Waals surface area (Å²) in [4.78, 5) is 23.1. The molecule has 3 nitrogen and oxygen atoms in total. The van der Waals surface area contributed by atoms with E-state index in [0.29, 0.717) is 15.7 Å². The third-order valence-corrected chi connectivity index (χ3v) is 3.13. The van der Waals surface area contributed by atoms with Crippen LogP contribution in [0.2, 0.25) is 0 Å². The van der Waals surface area contributed by atoms with Crippen LogP contribution < -0.4 is 5.32 Å². The number of Topliss-reactive ketones (excluding diaryl/α,β-unsaturated/α-hetero) is 1. The summed E-state index contributed by atoms with van der Waals surface area (Å²) in [5.74, 6) is -0.950. The van der Waals surface area contributed by atoms with Crippen molar-refractivity contribution in [2.24, 2.45) is 0 Å². The van der Waals surface area contributed by atoms with Crippen LogP contribution in [0.1, 0.15) is 27.6 Å². The molecule has 20 heavy (non-hydrogen) atoms. The van der Waals surface area contributed by atoms with E-state index in [2.05, 4.69) is 21.2 Å². The Kier molecular flexibility index (Phi) is 4.29. The summed E-state index contributed by atoms with van der Waals surface area (Å²) in [5, 5.41) is 2.64. The predicted molar refractivity (Wildman–Crippen MR) is 78.5 cm³/mol. The third-order valence-electron chi connectivity index (χ3n) is 2.67. The van der Waals surface area contributed by atoms with Gasteiger partial charge in [-0.25, -0.2) is 4.39 Å². The quantitative estimate of drug-likeness (QED) is 0.860. The van der Waals surface area contributed by atoms with Gasteiger partial charge in [0.05, 0.1) is 0 Å². The van der Waals surface area contributed by atoms with Gasteiger partial charge in [-0.2, -0.15) is 0 Å². The van der Waals surface area contributed by atoms with Crippen molar-refractivity contribution in [2.45, 2.75) is 6.92 Å². The number of ketones is 1. The van der Waals surface area contributed by atoms with Crippen LogP contribution in [0.5, 0.6) is 0 Å². The van der Waals surface area contributed by atoms with Gasteiger partial charge in [-0.15, -0.1) is 0 Å². The van der Waals surface area contributed by atoms with Crippen molar-refractivity contribution in [1.82, 2.24) is 0 Å². The topological polar surface area (TPSA) is 46.2 Å². The average molecular weight is 336 g/mol. The maximum atomic E-state index is 13.2. The number of anilines is 1. The summed E-state index contributed by atoms with van der Waals surface area (Å²) in [7, 11) is 0. The number of halogens is 2. The van der Waals surface area contributed by atoms with E-state index in [-0.39, 0.29) is 11.3 Å². The van der Waals surface area contributed by atoms with Crippen LogP contribution in [0.3, 0.4) is 0 Å². The van der Waals surface area contributed by atoms with Gasteiger partial charge < -0.3 is 5.32 Å². The summed E-state index contributed by atoms with van der Waals surface area (Å²) in [6.45, 7) is 1.47. The number of hydrogen-bond donors (Lipinski definition) is 1. The van der Waals surface area contributed by atoms with Crippen molar-refractivity contribution >= 4 is 33.3 Å². The van der Waals surface area contributed by atoms with Crippen molar-refractivity contribution in [1.29, 1.82) is 0 Å². The molecule has 0 aromatic heterocycles. The maximum absolute atomic E-state index is 13.2. The monoisotopic (exact) mass is 335 g/mol. The Morgan fingerprint density at radius 1 is 1.05 bits per heavy atom.